The van der Waals surface area contributed by atoms with Gasteiger partial charge in [0, 0.05) is 17.3 Å². The standard InChI is InChI=1S/C16H11NO3/c18-14-8-9-20-15-7-6-12(10-13(14)15)17-16(19)11-4-2-1-3-5-11/h1-10H,(H,17,19). The minimum atomic E-state index is -0.217. The van der Waals surface area contributed by atoms with E-state index >= 15 is 0 Å². The van der Waals surface area contributed by atoms with Gasteiger partial charge in [-0.15, -0.1) is 0 Å². The largest absolute Gasteiger partial charge is 0.464 e. The molecule has 4 nitrogen and oxygen atoms in total. The molecule has 3 rings (SSSR count). The molecule has 0 spiro atoms. The van der Waals surface area contributed by atoms with Crippen LogP contribution in [0.2, 0.25) is 0 Å². The molecule has 20 heavy (non-hydrogen) atoms. The summed E-state index contributed by atoms with van der Waals surface area (Å²) in [6, 6.07) is 15.2. The summed E-state index contributed by atoms with van der Waals surface area (Å²) in [5.74, 6) is -0.217. The topological polar surface area (TPSA) is 59.3 Å². The molecule has 1 N–H and O–H groups in total. The fraction of sp³-hybridized carbons (Fsp3) is 0. The Kier molecular flexibility index (Phi) is 3.05. The van der Waals surface area contributed by atoms with Gasteiger partial charge in [-0.3, -0.25) is 9.59 Å². The Morgan fingerprint density at radius 3 is 2.60 bits per heavy atom. The van der Waals surface area contributed by atoms with Gasteiger partial charge in [-0.05, 0) is 30.3 Å². The number of carbonyl (C=O) groups excluding carboxylic acids is 1. The van der Waals surface area contributed by atoms with Gasteiger partial charge in [-0.2, -0.15) is 0 Å². The van der Waals surface area contributed by atoms with Gasteiger partial charge in [0.15, 0.2) is 5.43 Å². The minimum absolute atomic E-state index is 0.137. The highest BCUT2D eigenvalue weighted by atomic mass is 16.3. The van der Waals surface area contributed by atoms with Crippen LogP contribution in [0.25, 0.3) is 11.0 Å². The van der Waals surface area contributed by atoms with Gasteiger partial charge < -0.3 is 9.73 Å². The third kappa shape index (κ3) is 2.31. The molecule has 0 atom stereocenters. The normalized spacial score (nSPS) is 10.4. The van der Waals surface area contributed by atoms with Crippen molar-refractivity contribution in [1.29, 1.82) is 0 Å². The van der Waals surface area contributed by atoms with Gasteiger partial charge >= 0.3 is 0 Å². The van der Waals surface area contributed by atoms with E-state index in [1.165, 1.54) is 12.3 Å². The fourth-order valence-electron chi connectivity index (χ4n) is 1.95. The highest BCUT2D eigenvalue weighted by Gasteiger charge is 2.07. The first kappa shape index (κ1) is 12.2. The molecule has 0 fully saturated rings. The molecule has 4 heteroatoms. The summed E-state index contributed by atoms with van der Waals surface area (Å²) in [7, 11) is 0. The Morgan fingerprint density at radius 1 is 1.00 bits per heavy atom. The van der Waals surface area contributed by atoms with Crippen LogP contribution in [0.5, 0.6) is 0 Å². The SMILES string of the molecule is O=C(Nc1ccc2occc(=O)c2c1)c1ccccc1. The number of fused-ring (bicyclic) bond motifs is 1. The summed E-state index contributed by atoms with van der Waals surface area (Å²) < 4.78 is 5.22. The van der Waals surface area contributed by atoms with Crippen LogP contribution in [-0.2, 0) is 0 Å². The lowest BCUT2D eigenvalue weighted by Crippen LogP contribution is -2.12. The van der Waals surface area contributed by atoms with E-state index in [0.717, 1.165) is 0 Å². The van der Waals surface area contributed by atoms with E-state index < -0.39 is 0 Å². The second-order valence-electron chi connectivity index (χ2n) is 4.32. The zero-order valence-corrected chi connectivity index (χ0v) is 10.5. The molecule has 0 unspecified atom stereocenters. The lowest BCUT2D eigenvalue weighted by molar-refractivity contribution is 0.102. The molecule has 0 saturated carbocycles. The molecular weight excluding hydrogens is 254 g/mol. The first-order chi connectivity index (χ1) is 9.74. The smallest absolute Gasteiger partial charge is 0.255 e. The molecular formula is C16H11NO3. The number of amides is 1. The molecule has 0 bridgehead atoms. The lowest BCUT2D eigenvalue weighted by Gasteiger charge is -2.05. The predicted octanol–water partition coefficient (Wildman–Crippen LogP) is 3.05. The molecule has 3 aromatic rings. The van der Waals surface area contributed by atoms with E-state index in [9.17, 15) is 9.59 Å². The third-order valence-corrected chi connectivity index (χ3v) is 2.95. The van der Waals surface area contributed by atoms with Crippen LogP contribution in [0.3, 0.4) is 0 Å². The Morgan fingerprint density at radius 2 is 1.80 bits per heavy atom. The first-order valence-corrected chi connectivity index (χ1v) is 6.12. The van der Waals surface area contributed by atoms with Crippen molar-refractivity contribution in [3.63, 3.8) is 0 Å². The van der Waals surface area contributed by atoms with Crippen molar-refractivity contribution in [2.75, 3.05) is 5.32 Å². The summed E-state index contributed by atoms with van der Waals surface area (Å²) >= 11 is 0. The van der Waals surface area contributed by atoms with Crippen molar-refractivity contribution < 1.29 is 9.21 Å². The van der Waals surface area contributed by atoms with Gasteiger partial charge in [0.25, 0.3) is 5.91 Å². The number of carbonyl (C=O) groups is 1. The van der Waals surface area contributed by atoms with Gasteiger partial charge in [-0.1, -0.05) is 18.2 Å². The van der Waals surface area contributed by atoms with Crippen LogP contribution >= 0.6 is 0 Å². The molecule has 0 radical (unpaired) electrons. The van der Waals surface area contributed by atoms with Gasteiger partial charge in [0.2, 0.25) is 0 Å². The molecule has 0 saturated heterocycles. The number of nitrogens with one attached hydrogen (secondary N) is 1. The molecule has 1 aromatic heterocycles. The quantitative estimate of drug-likeness (QED) is 0.774. The second kappa shape index (κ2) is 5.01. The van der Waals surface area contributed by atoms with Crippen LogP contribution in [0, 0.1) is 0 Å². The predicted molar refractivity (Wildman–Crippen MR) is 76.9 cm³/mol. The van der Waals surface area contributed by atoms with Crippen LogP contribution in [-0.4, -0.2) is 5.91 Å². The van der Waals surface area contributed by atoms with Gasteiger partial charge in [0.05, 0.1) is 11.6 Å². The maximum Gasteiger partial charge on any atom is 0.255 e. The first-order valence-electron chi connectivity index (χ1n) is 6.12. The van der Waals surface area contributed by atoms with E-state index in [1.807, 2.05) is 6.07 Å². The van der Waals surface area contributed by atoms with Gasteiger partial charge in [0.1, 0.15) is 5.58 Å². The zero-order chi connectivity index (χ0) is 13.9. The molecule has 0 aliphatic carbocycles. The third-order valence-electron chi connectivity index (χ3n) is 2.95. The summed E-state index contributed by atoms with van der Waals surface area (Å²) in [5.41, 5.74) is 1.48. The molecule has 1 amide bonds. The average molecular weight is 265 g/mol. The van der Waals surface area contributed by atoms with E-state index in [-0.39, 0.29) is 11.3 Å². The monoisotopic (exact) mass is 265 g/mol. The van der Waals surface area contributed by atoms with E-state index in [1.54, 1.807) is 42.5 Å². The van der Waals surface area contributed by atoms with E-state index in [2.05, 4.69) is 5.32 Å². The van der Waals surface area contributed by atoms with Gasteiger partial charge in [-0.25, -0.2) is 0 Å². The summed E-state index contributed by atoms with van der Waals surface area (Å²) in [6.07, 6.45) is 1.35. The van der Waals surface area contributed by atoms with Crippen molar-refractivity contribution in [1.82, 2.24) is 0 Å². The highest BCUT2D eigenvalue weighted by molar-refractivity contribution is 6.04. The average Bonchev–Trinajstić information content (AvgIpc) is 2.49. The van der Waals surface area contributed by atoms with Crippen LogP contribution in [0.1, 0.15) is 10.4 Å². The second-order valence-corrected chi connectivity index (χ2v) is 4.32. The Balaban J connectivity index is 1.94. The molecule has 0 aliphatic heterocycles. The Labute approximate surface area is 114 Å². The maximum atomic E-state index is 12.0. The van der Waals surface area contributed by atoms with Crippen molar-refractivity contribution in [3.05, 3.63) is 76.6 Å². The van der Waals surface area contributed by atoms with Crippen molar-refractivity contribution >= 4 is 22.6 Å². The number of rotatable bonds is 2. The highest BCUT2D eigenvalue weighted by Crippen LogP contribution is 2.16. The maximum absolute atomic E-state index is 12.0. The van der Waals surface area contributed by atoms with Crippen molar-refractivity contribution in [3.8, 4) is 0 Å². The minimum Gasteiger partial charge on any atom is -0.464 e. The van der Waals surface area contributed by atoms with Crippen LogP contribution in [0.15, 0.2) is 70.1 Å². The fourth-order valence-corrected chi connectivity index (χ4v) is 1.95. The van der Waals surface area contributed by atoms with E-state index in [4.69, 9.17) is 4.42 Å². The van der Waals surface area contributed by atoms with Crippen molar-refractivity contribution in [2.45, 2.75) is 0 Å². The number of hydrogen-bond donors (Lipinski definition) is 1. The summed E-state index contributed by atoms with van der Waals surface area (Å²) in [6.45, 7) is 0. The summed E-state index contributed by atoms with van der Waals surface area (Å²) in [5, 5.41) is 3.20. The van der Waals surface area contributed by atoms with Crippen LogP contribution in [0.4, 0.5) is 5.69 Å². The molecule has 1 heterocycles. The number of anilines is 1. The Bertz CT molecular complexity index is 822. The molecule has 0 aliphatic rings. The molecule has 98 valence electrons. The lowest BCUT2D eigenvalue weighted by atomic mass is 10.2. The molecule has 2 aromatic carbocycles. The van der Waals surface area contributed by atoms with Crippen molar-refractivity contribution in [2.24, 2.45) is 0 Å². The zero-order valence-electron chi connectivity index (χ0n) is 10.5. The Hall–Kier alpha value is -2.88. The number of hydrogen-bond acceptors (Lipinski definition) is 3. The van der Waals surface area contributed by atoms with E-state index in [0.29, 0.717) is 22.2 Å². The number of benzene rings is 2. The summed E-state index contributed by atoms with van der Waals surface area (Å²) in [4.78, 5) is 23.7. The van der Waals surface area contributed by atoms with Crippen LogP contribution < -0.4 is 10.7 Å².